The lowest BCUT2D eigenvalue weighted by Gasteiger charge is -2.33. The third kappa shape index (κ3) is 4.08. The first-order valence-corrected chi connectivity index (χ1v) is 10.4. The molecular weight excluding hydrogens is 437 g/mol. The van der Waals surface area contributed by atoms with Gasteiger partial charge in [-0.15, -0.1) is 0 Å². The highest BCUT2D eigenvalue weighted by Gasteiger charge is 2.47. The Balaban J connectivity index is 1.42. The van der Waals surface area contributed by atoms with Gasteiger partial charge in [-0.05, 0) is 23.3 Å². The fourth-order valence-corrected chi connectivity index (χ4v) is 4.15. The third-order valence-corrected chi connectivity index (χ3v) is 5.82. The first kappa shape index (κ1) is 21.2. The zero-order valence-corrected chi connectivity index (χ0v) is 17.7. The van der Waals surface area contributed by atoms with E-state index in [0.29, 0.717) is 23.6 Å². The molecule has 2 aliphatic heterocycles. The third-order valence-electron chi connectivity index (χ3n) is 5.82. The summed E-state index contributed by atoms with van der Waals surface area (Å²) in [5.41, 5.74) is 1.50. The zero-order chi connectivity index (χ0) is 23.2. The van der Waals surface area contributed by atoms with Crippen molar-refractivity contribution in [3.8, 4) is 11.5 Å². The molecule has 2 aromatic carbocycles. The number of carbonyl (C=O) groups excluding carboxylic acids is 1. The molecule has 0 saturated carbocycles. The highest BCUT2D eigenvalue weighted by atomic mass is 19.4. The molecule has 33 heavy (non-hydrogen) atoms. The summed E-state index contributed by atoms with van der Waals surface area (Å²) in [6.45, 7) is 0.397. The van der Waals surface area contributed by atoms with Crippen LogP contribution in [0.4, 0.5) is 19.0 Å². The topological polar surface area (TPSA) is 68.6 Å². The van der Waals surface area contributed by atoms with Crippen molar-refractivity contribution in [1.82, 2.24) is 14.7 Å². The number of aromatic nitrogens is 2. The predicted molar refractivity (Wildman–Crippen MR) is 113 cm³/mol. The average Bonchev–Trinajstić information content (AvgIpc) is 3.44. The van der Waals surface area contributed by atoms with Crippen LogP contribution in [-0.4, -0.2) is 40.6 Å². The zero-order valence-electron chi connectivity index (χ0n) is 17.7. The highest BCUT2D eigenvalue weighted by Crippen LogP contribution is 2.45. The van der Waals surface area contributed by atoms with Crippen LogP contribution >= 0.6 is 0 Å². The van der Waals surface area contributed by atoms with Gasteiger partial charge in [0.15, 0.2) is 23.2 Å². The number of nitrogens with one attached hydrogen (secondary N) is 1. The molecule has 0 bridgehead atoms. The van der Waals surface area contributed by atoms with Gasteiger partial charge >= 0.3 is 6.18 Å². The molecule has 5 rings (SSSR count). The maximum atomic E-state index is 14.0. The first-order chi connectivity index (χ1) is 15.8. The highest BCUT2D eigenvalue weighted by molar-refractivity contribution is 5.93. The van der Waals surface area contributed by atoms with E-state index >= 15 is 0 Å². The molecule has 2 atom stereocenters. The van der Waals surface area contributed by atoms with E-state index in [1.165, 1.54) is 11.0 Å². The molecule has 0 aliphatic carbocycles. The number of rotatable bonds is 4. The van der Waals surface area contributed by atoms with Gasteiger partial charge in [0.1, 0.15) is 5.82 Å². The van der Waals surface area contributed by atoms with Crippen molar-refractivity contribution in [1.29, 1.82) is 0 Å². The molecule has 1 aromatic heterocycles. The van der Waals surface area contributed by atoms with Crippen LogP contribution in [-0.2, 0) is 6.54 Å². The number of fused-ring (bicyclic) bond motifs is 2. The van der Waals surface area contributed by atoms with Crippen LogP contribution in [0.2, 0.25) is 0 Å². The molecule has 7 nitrogen and oxygen atoms in total. The second kappa shape index (κ2) is 8.02. The number of benzene rings is 2. The van der Waals surface area contributed by atoms with Gasteiger partial charge in [-0.2, -0.15) is 18.3 Å². The molecule has 0 unspecified atom stereocenters. The standard InChI is InChI=1S/C23H21F3N4O3/c1-29(12-14-5-3-2-4-6-14)22(31)17-11-21-27-16(10-20(23(24,25)26)30(21)28-17)15-7-8-18-19(9-15)33-13-32-18/h2-9,11,16,20,27H,10,12-13H2,1H3/t16-,20+/m1/s1. The minimum Gasteiger partial charge on any atom is -0.454 e. The van der Waals surface area contributed by atoms with Crippen molar-refractivity contribution in [2.75, 3.05) is 19.2 Å². The lowest BCUT2D eigenvalue weighted by atomic mass is 9.96. The average molecular weight is 458 g/mol. The van der Waals surface area contributed by atoms with E-state index in [0.717, 1.165) is 10.2 Å². The molecular formula is C23H21F3N4O3. The van der Waals surface area contributed by atoms with Crippen LogP contribution in [0.15, 0.2) is 54.6 Å². The molecule has 1 amide bonds. The second-order valence-electron chi connectivity index (χ2n) is 8.11. The Morgan fingerprint density at radius 2 is 1.91 bits per heavy atom. The first-order valence-electron chi connectivity index (χ1n) is 10.4. The normalized spacial score (nSPS) is 19.0. The molecule has 0 spiro atoms. The summed E-state index contributed by atoms with van der Waals surface area (Å²) in [7, 11) is 1.59. The van der Waals surface area contributed by atoms with Gasteiger partial charge in [0.25, 0.3) is 5.91 Å². The van der Waals surface area contributed by atoms with Crippen LogP contribution in [0.5, 0.6) is 11.5 Å². The predicted octanol–water partition coefficient (Wildman–Crippen LogP) is 4.54. The maximum absolute atomic E-state index is 14.0. The Bertz CT molecular complexity index is 1180. The van der Waals surface area contributed by atoms with E-state index in [9.17, 15) is 18.0 Å². The van der Waals surface area contributed by atoms with Crippen molar-refractivity contribution in [3.05, 3.63) is 71.4 Å². The number of alkyl halides is 3. The van der Waals surface area contributed by atoms with Crippen LogP contribution in [0.25, 0.3) is 0 Å². The van der Waals surface area contributed by atoms with Gasteiger partial charge in [-0.25, -0.2) is 4.68 Å². The number of halogens is 3. The molecule has 3 heterocycles. The summed E-state index contributed by atoms with van der Waals surface area (Å²) in [5.74, 6) is 0.738. The SMILES string of the molecule is CN(Cc1ccccc1)C(=O)c1cc2n(n1)[C@H](C(F)(F)F)C[C@H](c1ccc3c(c1)OCO3)N2. The summed E-state index contributed by atoms with van der Waals surface area (Å²) >= 11 is 0. The van der Waals surface area contributed by atoms with Crippen LogP contribution in [0.1, 0.15) is 40.1 Å². The summed E-state index contributed by atoms with van der Waals surface area (Å²) < 4.78 is 53.4. The van der Waals surface area contributed by atoms with Crippen LogP contribution in [0, 0.1) is 0 Å². The Morgan fingerprint density at radius 3 is 2.67 bits per heavy atom. The van der Waals surface area contributed by atoms with E-state index in [1.807, 2.05) is 30.3 Å². The van der Waals surface area contributed by atoms with Crippen molar-refractivity contribution in [2.24, 2.45) is 0 Å². The number of amides is 1. The second-order valence-corrected chi connectivity index (χ2v) is 8.11. The van der Waals surface area contributed by atoms with Gasteiger partial charge in [-0.3, -0.25) is 4.79 Å². The van der Waals surface area contributed by atoms with Gasteiger partial charge < -0.3 is 19.7 Å². The number of ether oxygens (including phenoxy) is 2. The molecule has 0 radical (unpaired) electrons. The molecule has 3 aromatic rings. The summed E-state index contributed by atoms with van der Waals surface area (Å²) in [4.78, 5) is 14.3. The molecule has 0 fully saturated rings. The quantitative estimate of drug-likeness (QED) is 0.622. The maximum Gasteiger partial charge on any atom is 0.410 e. The molecule has 1 N–H and O–H groups in total. The number of hydrogen-bond acceptors (Lipinski definition) is 5. The smallest absolute Gasteiger partial charge is 0.410 e. The Morgan fingerprint density at radius 1 is 1.15 bits per heavy atom. The van der Waals surface area contributed by atoms with E-state index in [-0.39, 0.29) is 24.7 Å². The summed E-state index contributed by atoms with van der Waals surface area (Å²) in [6.07, 6.45) is -4.81. The Kier molecular flexibility index (Phi) is 5.15. The summed E-state index contributed by atoms with van der Waals surface area (Å²) in [5, 5.41) is 7.15. The molecule has 10 heteroatoms. The summed E-state index contributed by atoms with van der Waals surface area (Å²) in [6, 6.07) is 13.3. The minimum absolute atomic E-state index is 0.0449. The van der Waals surface area contributed by atoms with E-state index in [2.05, 4.69) is 10.4 Å². The monoisotopic (exact) mass is 458 g/mol. The number of anilines is 1. The van der Waals surface area contributed by atoms with Crippen molar-refractivity contribution in [2.45, 2.75) is 31.2 Å². The Labute approximate surface area is 187 Å². The van der Waals surface area contributed by atoms with Crippen LogP contribution < -0.4 is 14.8 Å². The van der Waals surface area contributed by atoms with Gasteiger partial charge in [0.2, 0.25) is 6.79 Å². The van der Waals surface area contributed by atoms with Crippen molar-refractivity contribution < 1.29 is 27.4 Å². The van der Waals surface area contributed by atoms with Gasteiger partial charge in [-0.1, -0.05) is 36.4 Å². The largest absolute Gasteiger partial charge is 0.454 e. The lowest BCUT2D eigenvalue weighted by molar-refractivity contribution is -0.173. The molecule has 172 valence electrons. The number of hydrogen-bond donors (Lipinski definition) is 1. The number of nitrogens with zero attached hydrogens (tertiary/aromatic N) is 3. The Hall–Kier alpha value is -3.69. The molecule has 0 saturated heterocycles. The van der Waals surface area contributed by atoms with Gasteiger partial charge in [0, 0.05) is 26.1 Å². The number of carbonyl (C=O) groups is 1. The fourth-order valence-electron chi connectivity index (χ4n) is 4.15. The van der Waals surface area contributed by atoms with E-state index in [1.54, 1.807) is 25.2 Å². The van der Waals surface area contributed by atoms with E-state index < -0.39 is 24.2 Å². The van der Waals surface area contributed by atoms with Crippen molar-refractivity contribution in [3.63, 3.8) is 0 Å². The van der Waals surface area contributed by atoms with Crippen molar-refractivity contribution >= 4 is 11.7 Å². The lowest BCUT2D eigenvalue weighted by Crippen LogP contribution is -2.35. The fraction of sp³-hybridized carbons (Fsp3) is 0.304. The van der Waals surface area contributed by atoms with E-state index in [4.69, 9.17) is 9.47 Å². The van der Waals surface area contributed by atoms with Gasteiger partial charge in [0.05, 0.1) is 6.04 Å². The van der Waals surface area contributed by atoms with Crippen LogP contribution in [0.3, 0.4) is 0 Å². The minimum atomic E-state index is -4.53. The molecule has 2 aliphatic rings.